The molecule has 24 heavy (non-hydrogen) atoms. The molecule has 1 heterocycles. The van der Waals surface area contributed by atoms with Gasteiger partial charge in [-0.25, -0.2) is 8.42 Å². The van der Waals surface area contributed by atoms with Crippen LogP contribution in [-0.2, 0) is 16.4 Å². The Morgan fingerprint density at radius 1 is 1.21 bits per heavy atom. The van der Waals surface area contributed by atoms with E-state index in [1.165, 1.54) is 23.4 Å². The lowest BCUT2D eigenvalue weighted by atomic mass is 9.86. The van der Waals surface area contributed by atoms with Crippen molar-refractivity contribution < 1.29 is 13.2 Å². The van der Waals surface area contributed by atoms with Gasteiger partial charge in [0, 0.05) is 17.6 Å². The van der Waals surface area contributed by atoms with Gasteiger partial charge in [-0.3, -0.25) is 9.10 Å². The van der Waals surface area contributed by atoms with E-state index >= 15 is 0 Å². The molecular weight excluding hydrogens is 324 g/mol. The molecule has 3 rings (SSSR count). The van der Waals surface area contributed by atoms with Gasteiger partial charge in [0.2, 0.25) is 10.0 Å². The van der Waals surface area contributed by atoms with E-state index in [0.717, 1.165) is 18.4 Å². The molecule has 3 unspecified atom stereocenters. The fraction of sp³-hybridized carbons (Fsp3) is 0.611. The molecule has 1 saturated carbocycles. The second-order valence-electron chi connectivity index (χ2n) is 7.30. The van der Waals surface area contributed by atoms with E-state index in [0.29, 0.717) is 23.6 Å². The molecule has 5 nitrogen and oxygen atoms in total. The standard InChI is InChI=1S/C18H26N2O3S/c1-12-6-4-5-7-16(12)19-18(21)14-8-9-17-15(11-14)10-13(2)20(17)24(3,22)23/h8-9,11-13,16H,4-7,10H2,1-3H3,(H,19,21). The molecule has 1 aromatic carbocycles. The summed E-state index contributed by atoms with van der Waals surface area (Å²) in [6.45, 7) is 4.09. The normalized spacial score (nSPS) is 27.0. The molecule has 6 heteroatoms. The van der Waals surface area contributed by atoms with Gasteiger partial charge in [0.25, 0.3) is 5.91 Å². The lowest BCUT2D eigenvalue weighted by Gasteiger charge is -2.29. The Hall–Kier alpha value is -1.56. The quantitative estimate of drug-likeness (QED) is 0.911. The van der Waals surface area contributed by atoms with Crippen molar-refractivity contribution in [3.05, 3.63) is 29.3 Å². The molecule has 1 aromatic rings. The first-order chi connectivity index (χ1) is 11.3. The summed E-state index contributed by atoms with van der Waals surface area (Å²) in [5.74, 6) is 0.458. The molecule has 1 N–H and O–H groups in total. The first-order valence-corrected chi connectivity index (χ1v) is 10.6. The molecule has 0 spiro atoms. The van der Waals surface area contributed by atoms with Crippen molar-refractivity contribution in [3.8, 4) is 0 Å². The van der Waals surface area contributed by atoms with Gasteiger partial charge in [0.1, 0.15) is 0 Å². The predicted octanol–water partition coefficient (Wildman–Crippen LogP) is 2.71. The second kappa shape index (κ2) is 6.39. The summed E-state index contributed by atoms with van der Waals surface area (Å²) < 4.78 is 25.4. The third-order valence-corrected chi connectivity index (χ3v) is 6.55. The van der Waals surface area contributed by atoms with Crippen LogP contribution in [-0.4, -0.2) is 32.7 Å². The van der Waals surface area contributed by atoms with Crippen LogP contribution in [0.15, 0.2) is 18.2 Å². The first-order valence-electron chi connectivity index (χ1n) is 8.70. The van der Waals surface area contributed by atoms with Gasteiger partial charge in [0.05, 0.1) is 11.9 Å². The maximum atomic E-state index is 12.6. The van der Waals surface area contributed by atoms with Crippen LogP contribution < -0.4 is 9.62 Å². The van der Waals surface area contributed by atoms with E-state index in [1.54, 1.807) is 12.1 Å². The monoisotopic (exact) mass is 350 g/mol. The number of fused-ring (bicyclic) bond motifs is 1. The van der Waals surface area contributed by atoms with Gasteiger partial charge in [-0.05, 0) is 55.9 Å². The summed E-state index contributed by atoms with van der Waals surface area (Å²) in [5, 5.41) is 3.16. The summed E-state index contributed by atoms with van der Waals surface area (Å²) in [7, 11) is -3.30. The number of amides is 1. The summed E-state index contributed by atoms with van der Waals surface area (Å²) >= 11 is 0. The topological polar surface area (TPSA) is 66.5 Å². The van der Waals surface area contributed by atoms with E-state index < -0.39 is 10.0 Å². The number of nitrogens with one attached hydrogen (secondary N) is 1. The zero-order chi connectivity index (χ0) is 17.5. The van der Waals surface area contributed by atoms with Crippen molar-refractivity contribution in [2.45, 2.75) is 58.0 Å². The van der Waals surface area contributed by atoms with E-state index in [9.17, 15) is 13.2 Å². The SMILES string of the molecule is CC1CCCCC1NC(=O)c1ccc2c(c1)CC(C)N2S(C)(=O)=O. The Morgan fingerprint density at radius 2 is 1.92 bits per heavy atom. The minimum absolute atomic E-state index is 0.0537. The van der Waals surface area contributed by atoms with Crippen LogP contribution in [0.5, 0.6) is 0 Å². The number of carbonyl (C=O) groups is 1. The summed E-state index contributed by atoms with van der Waals surface area (Å²) in [6, 6.07) is 5.48. The minimum atomic E-state index is -3.30. The van der Waals surface area contributed by atoms with Crippen LogP contribution in [0.2, 0.25) is 0 Å². The largest absolute Gasteiger partial charge is 0.349 e. The van der Waals surface area contributed by atoms with Crippen LogP contribution >= 0.6 is 0 Å². The molecule has 0 bridgehead atoms. The van der Waals surface area contributed by atoms with E-state index in [1.807, 2.05) is 13.0 Å². The number of rotatable bonds is 3. The van der Waals surface area contributed by atoms with Crippen molar-refractivity contribution in [2.24, 2.45) is 5.92 Å². The molecule has 1 aliphatic carbocycles. The number of carbonyl (C=O) groups excluding carboxylic acids is 1. The fourth-order valence-corrected chi connectivity index (χ4v) is 5.30. The number of anilines is 1. The van der Waals surface area contributed by atoms with Crippen LogP contribution in [0.3, 0.4) is 0 Å². The Morgan fingerprint density at radius 3 is 2.58 bits per heavy atom. The smallest absolute Gasteiger partial charge is 0.251 e. The van der Waals surface area contributed by atoms with Crippen molar-refractivity contribution >= 4 is 21.6 Å². The van der Waals surface area contributed by atoms with Crippen molar-refractivity contribution in [1.29, 1.82) is 0 Å². The van der Waals surface area contributed by atoms with Crippen LogP contribution in [0.4, 0.5) is 5.69 Å². The van der Waals surface area contributed by atoms with Crippen LogP contribution in [0.1, 0.15) is 55.5 Å². The van der Waals surface area contributed by atoms with Gasteiger partial charge < -0.3 is 5.32 Å². The molecule has 0 aromatic heterocycles. The van der Waals surface area contributed by atoms with Crippen molar-refractivity contribution in [3.63, 3.8) is 0 Å². The molecule has 1 aliphatic heterocycles. The maximum Gasteiger partial charge on any atom is 0.251 e. The zero-order valence-electron chi connectivity index (χ0n) is 14.6. The number of sulfonamides is 1. The Kier molecular flexibility index (Phi) is 4.60. The highest BCUT2D eigenvalue weighted by molar-refractivity contribution is 7.92. The number of hydrogen-bond donors (Lipinski definition) is 1. The molecular formula is C18H26N2O3S. The van der Waals surface area contributed by atoms with Gasteiger partial charge in [-0.2, -0.15) is 0 Å². The third-order valence-electron chi connectivity index (χ3n) is 5.28. The van der Waals surface area contributed by atoms with E-state index in [-0.39, 0.29) is 18.0 Å². The molecule has 0 radical (unpaired) electrons. The van der Waals surface area contributed by atoms with Gasteiger partial charge in [0.15, 0.2) is 0 Å². The molecule has 132 valence electrons. The highest BCUT2D eigenvalue weighted by Gasteiger charge is 2.33. The molecule has 3 atom stereocenters. The molecule has 1 amide bonds. The highest BCUT2D eigenvalue weighted by Crippen LogP contribution is 2.34. The average Bonchev–Trinajstić information content (AvgIpc) is 2.84. The lowest BCUT2D eigenvalue weighted by Crippen LogP contribution is -2.41. The van der Waals surface area contributed by atoms with Crippen LogP contribution in [0.25, 0.3) is 0 Å². The predicted molar refractivity (Wildman–Crippen MR) is 95.8 cm³/mol. The summed E-state index contributed by atoms with van der Waals surface area (Å²) in [6.07, 6.45) is 6.48. The Bertz CT molecular complexity index is 745. The molecule has 0 saturated heterocycles. The van der Waals surface area contributed by atoms with Gasteiger partial charge >= 0.3 is 0 Å². The van der Waals surface area contributed by atoms with E-state index in [4.69, 9.17) is 0 Å². The van der Waals surface area contributed by atoms with Gasteiger partial charge in [-0.15, -0.1) is 0 Å². The summed E-state index contributed by atoms with van der Waals surface area (Å²) in [4.78, 5) is 12.6. The molecule has 2 aliphatic rings. The second-order valence-corrected chi connectivity index (χ2v) is 9.16. The zero-order valence-corrected chi connectivity index (χ0v) is 15.4. The number of benzene rings is 1. The lowest BCUT2D eigenvalue weighted by molar-refractivity contribution is 0.0910. The minimum Gasteiger partial charge on any atom is -0.349 e. The number of nitrogens with zero attached hydrogens (tertiary/aromatic N) is 1. The van der Waals surface area contributed by atoms with E-state index in [2.05, 4.69) is 12.2 Å². The fourth-order valence-electron chi connectivity index (χ4n) is 4.03. The Balaban J connectivity index is 1.80. The number of hydrogen-bond acceptors (Lipinski definition) is 3. The average molecular weight is 350 g/mol. The van der Waals surface area contributed by atoms with Crippen molar-refractivity contribution in [1.82, 2.24) is 5.32 Å². The van der Waals surface area contributed by atoms with Crippen LogP contribution in [0, 0.1) is 5.92 Å². The van der Waals surface area contributed by atoms with Gasteiger partial charge in [-0.1, -0.05) is 19.8 Å². The van der Waals surface area contributed by atoms with Crippen molar-refractivity contribution in [2.75, 3.05) is 10.6 Å². The Labute approximate surface area is 144 Å². The molecule has 1 fully saturated rings. The highest BCUT2D eigenvalue weighted by atomic mass is 32.2. The third kappa shape index (κ3) is 3.29. The maximum absolute atomic E-state index is 12.6. The first kappa shape index (κ1) is 17.3. The summed E-state index contributed by atoms with van der Waals surface area (Å²) in [5.41, 5.74) is 2.25.